The molecule has 0 aromatic heterocycles. The smallest absolute Gasteiger partial charge is 0.337 e. The quantitative estimate of drug-likeness (QED) is 0.881. The Balaban J connectivity index is 2.31. The van der Waals surface area contributed by atoms with Crippen molar-refractivity contribution < 1.29 is 14.3 Å². The van der Waals surface area contributed by atoms with Gasteiger partial charge in [-0.3, -0.25) is 0 Å². The summed E-state index contributed by atoms with van der Waals surface area (Å²) in [5.41, 5.74) is 1.09. The van der Waals surface area contributed by atoms with Crippen molar-refractivity contribution in [2.75, 3.05) is 5.32 Å². The molecule has 1 unspecified atom stereocenters. The topological polar surface area (TPSA) is 49.3 Å². The molecular formula is C15H13ClFNO2. The van der Waals surface area contributed by atoms with Gasteiger partial charge in [0.2, 0.25) is 0 Å². The fourth-order valence-electron chi connectivity index (χ4n) is 1.96. The van der Waals surface area contributed by atoms with E-state index in [9.17, 15) is 9.18 Å². The van der Waals surface area contributed by atoms with E-state index in [4.69, 9.17) is 16.7 Å². The minimum absolute atomic E-state index is 0.107. The van der Waals surface area contributed by atoms with Gasteiger partial charge in [-0.15, -0.1) is 0 Å². The molecule has 2 N–H and O–H groups in total. The molecule has 0 radical (unpaired) electrons. The van der Waals surface area contributed by atoms with Gasteiger partial charge in [-0.05, 0) is 36.8 Å². The van der Waals surface area contributed by atoms with E-state index in [1.807, 2.05) is 25.1 Å². The summed E-state index contributed by atoms with van der Waals surface area (Å²) in [5, 5.41) is 12.7. The second-order valence-electron chi connectivity index (χ2n) is 4.38. The Morgan fingerprint density at radius 2 is 2.00 bits per heavy atom. The predicted molar refractivity (Wildman–Crippen MR) is 76.8 cm³/mol. The van der Waals surface area contributed by atoms with Crippen molar-refractivity contribution in [1.29, 1.82) is 0 Å². The molecule has 5 heteroatoms. The first-order chi connectivity index (χ1) is 9.49. The summed E-state index contributed by atoms with van der Waals surface area (Å²) in [6.45, 7) is 1.86. The van der Waals surface area contributed by atoms with Crippen LogP contribution in [0.2, 0.25) is 5.02 Å². The summed E-state index contributed by atoms with van der Waals surface area (Å²) in [7, 11) is 0. The second-order valence-corrected chi connectivity index (χ2v) is 4.79. The van der Waals surface area contributed by atoms with Gasteiger partial charge >= 0.3 is 5.97 Å². The largest absolute Gasteiger partial charge is 0.478 e. The van der Waals surface area contributed by atoms with E-state index in [0.717, 1.165) is 11.6 Å². The zero-order chi connectivity index (χ0) is 14.7. The van der Waals surface area contributed by atoms with Gasteiger partial charge in [-0.2, -0.15) is 0 Å². The molecule has 2 rings (SSSR count). The number of halogens is 2. The van der Waals surface area contributed by atoms with Crippen molar-refractivity contribution in [1.82, 2.24) is 0 Å². The number of anilines is 1. The minimum atomic E-state index is -1.18. The average Bonchev–Trinajstić information content (AvgIpc) is 2.41. The molecule has 20 heavy (non-hydrogen) atoms. The third kappa shape index (κ3) is 3.08. The van der Waals surface area contributed by atoms with Crippen LogP contribution in [0.4, 0.5) is 10.1 Å². The Morgan fingerprint density at radius 3 is 2.65 bits per heavy atom. The highest BCUT2D eigenvalue weighted by atomic mass is 35.5. The molecule has 0 spiro atoms. The number of carboxylic acids is 1. The maximum absolute atomic E-state index is 13.1. The van der Waals surface area contributed by atoms with Crippen LogP contribution in [-0.2, 0) is 0 Å². The van der Waals surface area contributed by atoms with E-state index >= 15 is 0 Å². The number of aromatic carboxylic acids is 1. The van der Waals surface area contributed by atoms with Gasteiger partial charge in [0.1, 0.15) is 5.82 Å². The van der Waals surface area contributed by atoms with E-state index in [1.54, 1.807) is 6.07 Å². The van der Waals surface area contributed by atoms with Gasteiger partial charge in [0.25, 0.3) is 0 Å². The van der Waals surface area contributed by atoms with Crippen LogP contribution in [0.3, 0.4) is 0 Å². The maximum atomic E-state index is 13.1. The average molecular weight is 294 g/mol. The Bertz CT molecular complexity index is 646. The monoisotopic (exact) mass is 293 g/mol. The summed E-state index contributed by atoms with van der Waals surface area (Å²) < 4.78 is 13.1. The van der Waals surface area contributed by atoms with Crippen LogP contribution in [0.5, 0.6) is 0 Å². The van der Waals surface area contributed by atoms with Crippen molar-refractivity contribution >= 4 is 23.3 Å². The zero-order valence-corrected chi connectivity index (χ0v) is 11.5. The third-order valence-corrected chi connectivity index (χ3v) is 3.30. The fourth-order valence-corrected chi connectivity index (χ4v) is 2.26. The van der Waals surface area contributed by atoms with Crippen molar-refractivity contribution in [3.8, 4) is 0 Å². The highest BCUT2D eigenvalue weighted by Gasteiger charge is 2.15. The van der Waals surface area contributed by atoms with Gasteiger partial charge in [0, 0.05) is 10.7 Å². The fraction of sp³-hybridized carbons (Fsp3) is 0.133. The number of rotatable bonds is 4. The first-order valence-electron chi connectivity index (χ1n) is 6.03. The molecule has 0 amide bonds. The summed E-state index contributed by atoms with van der Waals surface area (Å²) in [6.07, 6.45) is 0. The number of carboxylic acid groups (broad SMARTS) is 1. The molecule has 2 aromatic rings. The maximum Gasteiger partial charge on any atom is 0.337 e. The van der Waals surface area contributed by atoms with Gasteiger partial charge in [0.05, 0.1) is 11.6 Å². The van der Waals surface area contributed by atoms with Crippen molar-refractivity contribution in [2.24, 2.45) is 0 Å². The molecule has 0 saturated heterocycles. The standard InChI is InChI=1S/C15H13ClFNO2/c1-9(11-4-2-3-5-13(11)16)18-14-7-6-10(17)8-12(14)15(19)20/h2-9,18H,1H3,(H,19,20). The number of carbonyl (C=O) groups is 1. The van der Waals surface area contributed by atoms with Crippen LogP contribution in [0.15, 0.2) is 42.5 Å². The van der Waals surface area contributed by atoms with Gasteiger partial charge in [-0.25, -0.2) is 9.18 Å². The minimum Gasteiger partial charge on any atom is -0.478 e. The number of nitrogens with one attached hydrogen (secondary N) is 1. The summed E-state index contributed by atoms with van der Waals surface area (Å²) in [4.78, 5) is 11.1. The van der Waals surface area contributed by atoms with Crippen molar-refractivity contribution in [3.63, 3.8) is 0 Å². The first-order valence-corrected chi connectivity index (χ1v) is 6.40. The van der Waals surface area contributed by atoms with E-state index in [1.165, 1.54) is 12.1 Å². The first kappa shape index (κ1) is 14.3. The molecule has 0 heterocycles. The van der Waals surface area contributed by atoms with Gasteiger partial charge < -0.3 is 10.4 Å². The highest BCUT2D eigenvalue weighted by molar-refractivity contribution is 6.31. The van der Waals surface area contributed by atoms with E-state index in [0.29, 0.717) is 10.7 Å². The van der Waals surface area contributed by atoms with E-state index in [2.05, 4.69) is 5.32 Å². The second kappa shape index (κ2) is 5.92. The van der Waals surface area contributed by atoms with Crippen LogP contribution in [-0.4, -0.2) is 11.1 Å². The molecule has 3 nitrogen and oxygen atoms in total. The molecule has 0 bridgehead atoms. The summed E-state index contributed by atoms with van der Waals surface area (Å²) >= 11 is 6.10. The lowest BCUT2D eigenvalue weighted by molar-refractivity contribution is 0.0697. The van der Waals surface area contributed by atoms with Crippen LogP contribution in [0, 0.1) is 5.82 Å². The Labute approximate surface area is 121 Å². The summed E-state index contributed by atoms with van der Waals surface area (Å²) in [5.74, 6) is -1.77. The molecule has 0 fully saturated rings. The molecule has 0 aliphatic rings. The molecule has 0 aliphatic carbocycles. The number of hydrogen-bond donors (Lipinski definition) is 2. The Hall–Kier alpha value is -2.07. The van der Waals surface area contributed by atoms with E-state index in [-0.39, 0.29) is 11.6 Å². The highest BCUT2D eigenvalue weighted by Crippen LogP contribution is 2.27. The van der Waals surface area contributed by atoms with Crippen LogP contribution in [0.1, 0.15) is 28.9 Å². The molecule has 2 aromatic carbocycles. The third-order valence-electron chi connectivity index (χ3n) is 2.96. The van der Waals surface area contributed by atoms with Gasteiger partial charge in [-0.1, -0.05) is 29.8 Å². The Morgan fingerprint density at radius 1 is 1.30 bits per heavy atom. The molecular weight excluding hydrogens is 281 g/mol. The van der Waals surface area contributed by atoms with Gasteiger partial charge in [0.15, 0.2) is 0 Å². The molecule has 1 atom stereocenters. The van der Waals surface area contributed by atoms with Crippen LogP contribution < -0.4 is 5.32 Å². The molecule has 0 aliphatic heterocycles. The zero-order valence-electron chi connectivity index (χ0n) is 10.7. The van der Waals surface area contributed by atoms with Crippen molar-refractivity contribution in [2.45, 2.75) is 13.0 Å². The lowest BCUT2D eigenvalue weighted by Crippen LogP contribution is -2.11. The lowest BCUT2D eigenvalue weighted by atomic mass is 10.1. The molecule has 104 valence electrons. The summed E-state index contributed by atoms with van der Waals surface area (Å²) in [6, 6.07) is 10.7. The number of hydrogen-bond acceptors (Lipinski definition) is 2. The predicted octanol–water partition coefficient (Wildman–Crippen LogP) is 4.35. The lowest BCUT2D eigenvalue weighted by Gasteiger charge is -2.18. The number of benzene rings is 2. The normalized spacial score (nSPS) is 11.9. The van der Waals surface area contributed by atoms with E-state index < -0.39 is 11.8 Å². The molecule has 0 saturated carbocycles. The van der Waals surface area contributed by atoms with Crippen LogP contribution >= 0.6 is 11.6 Å². The Kier molecular flexibility index (Phi) is 4.25. The van der Waals surface area contributed by atoms with Crippen LogP contribution in [0.25, 0.3) is 0 Å². The SMILES string of the molecule is CC(Nc1ccc(F)cc1C(=O)O)c1ccccc1Cl. The van der Waals surface area contributed by atoms with Crippen molar-refractivity contribution in [3.05, 3.63) is 64.4 Å².